The van der Waals surface area contributed by atoms with Crippen LogP contribution in [-0.4, -0.2) is 75.8 Å². The molecule has 29 heavy (non-hydrogen) atoms. The Kier molecular flexibility index (Phi) is 6.66. The topological polar surface area (TPSA) is 90.7 Å². The molecule has 1 aliphatic rings. The van der Waals surface area contributed by atoms with Gasteiger partial charge in [0.25, 0.3) is 0 Å². The van der Waals surface area contributed by atoms with Crippen molar-refractivity contribution >= 4 is 17.7 Å². The highest BCUT2D eigenvalue weighted by molar-refractivity contribution is 5.91. The van der Waals surface area contributed by atoms with Crippen molar-refractivity contribution in [1.29, 1.82) is 0 Å². The molecule has 8 nitrogen and oxygen atoms in total. The molecule has 1 aromatic carbocycles. The lowest BCUT2D eigenvalue weighted by atomic mass is 10.0. The summed E-state index contributed by atoms with van der Waals surface area (Å²) in [5, 5.41) is 16.4. The molecule has 1 saturated heterocycles. The minimum Gasteiger partial charge on any atom is -0.480 e. The molecular weight excluding hydrogens is 370 g/mol. The van der Waals surface area contributed by atoms with Crippen LogP contribution in [0.4, 0.5) is 5.82 Å². The fourth-order valence-electron chi connectivity index (χ4n) is 3.72. The van der Waals surface area contributed by atoms with Gasteiger partial charge in [-0.2, -0.15) is 5.10 Å². The number of carboxylic acid groups (broad SMARTS) is 1. The van der Waals surface area contributed by atoms with E-state index in [0.29, 0.717) is 12.4 Å². The second kappa shape index (κ2) is 9.19. The van der Waals surface area contributed by atoms with Crippen LogP contribution in [0, 0.1) is 13.8 Å². The van der Waals surface area contributed by atoms with Crippen molar-refractivity contribution in [3.63, 3.8) is 0 Å². The third-order valence-electron chi connectivity index (χ3n) is 5.31. The summed E-state index contributed by atoms with van der Waals surface area (Å²) in [4.78, 5) is 27.5. The van der Waals surface area contributed by atoms with Crippen molar-refractivity contribution in [3.05, 3.63) is 41.6 Å². The minimum absolute atomic E-state index is 0.0491. The van der Waals surface area contributed by atoms with Crippen LogP contribution in [0.3, 0.4) is 0 Å². The smallest absolute Gasteiger partial charge is 0.317 e. The Bertz CT molecular complexity index is 854. The molecular formula is C21H29N5O3. The quantitative estimate of drug-likeness (QED) is 0.739. The van der Waals surface area contributed by atoms with Crippen LogP contribution in [0.2, 0.25) is 0 Å². The van der Waals surface area contributed by atoms with Gasteiger partial charge in [0.15, 0.2) is 0 Å². The zero-order valence-corrected chi connectivity index (χ0v) is 17.3. The molecule has 0 spiro atoms. The van der Waals surface area contributed by atoms with Gasteiger partial charge in [0.05, 0.1) is 24.5 Å². The van der Waals surface area contributed by atoms with Crippen molar-refractivity contribution in [1.82, 2.24) is 19.6 Å². The van der Waals surface area contributed by atoms with Gasteiger partial charge in [-0.25, -0.2) is 4.68 Å². The van der Waals surface area contributed by atoms with Crippen molar-refractivity contribution in [2.75, 3.05) is 38.5 Å². The van der Waals surface area contributed by atoms with Crippen LogP contribution in [0.5, 0.6) is 0 Å². The fraction of sp³-hybridized carbons (Fsp3) is 0.476. The first kappa shape index (κ1) is 21.0. The van der Waals surface area contributed by atoms with Crippen LogP contribution in [-0.2, 0) is 9.59 Å². The van der Waals surface area contributed by atoms with Crippen LogP contribution in [0.15, 0.2) is 30.3 Å². The predicted molar refractivity (Wildman–Crippen MR) is 111 cm³/mol. The maximum Gasteiger partial charge on any atom is 0.317 e. The van der Waals surface area contributed by atoms with E-state index in [0.717, 1.165) is 37.3 Å². The average molecular weight is 399 g/mol. The van der Waals surface area contributed by atoms with Gasteiger partial charge in [-0.15, -0.1) is 0 Å². The Morgan fingerprint density at radius 1 is 1.21 bits per heavy atom. The molecule has 2 N–H and O–H groups in total. The molecule has 1 aromatic heterocycles. The number of nitrogens with one attached hydrogen (secondary N) is 1. The minimum atomic E-state index is -0.810. The molecule has 0 bridgehead atoms. The number of amides is 1. The van der Waals surface area contributed by atoms with Crippen LogP contribution in [0.1, 0.15) is 24.1 Å². The number of piperidine rings is 1. The normalized spacial score (nSPS) is 15.6. The van der Waals surface area contributed by atoms with Gasteiger partial charge in [0.1, 0.15) is 5.82 Å². The van der Waals surface area contributed by atoms with Crippen LogP contribution < -0.4 is 5.32 Å². The molecule has 0 aliphatic carbocycles. The first-order valence-electron chi connectivity index (χ1n) is 9.90. The van der Waals surface area contributed by atoms with Gasteiger partial charge in [-0.05, 0) is 45.9 Å². The summed E-state index contributed by atoms with van der Waals surface area (Å²) in [5.74, 6) is -0.224. The van der Waals surface area contributed by atoms with E-state index >= 15 is 0 Å². The Balaban J connectivity index is 1.56. The number of nitrogens with zero attached hydrogens (tertiary/aromatic N) is 4. The van der Waals surface area contributed by atoms with Crippen molar-refractivity contribution < 1.29 is 14.7 Å². The van der Waals surface area contributed by atoms with Crippen molar-refractivity contribution in [3.8, 4) is 5.69 Å². The summed E-state index contributed by atoms with van der Waals surface area (Å²) in [6.45, 7) is 5.85. The number of carboxylic acids is 1. The molecule has 2 heterocycles. The van der Waals surface area contributed by atoms with E-state index in [2.05, 4.69) is 15.3 Å². The highest BCUT2D eigenvalue weighted by atomic mass is 16.4. The average Bonchev–Trinajstić information content (AvgIpc) is 3.02. The summed E-state index contributed by atoms with van der Waals surface area (Å²) in [5.41, 5.74) is 2.91. The predicted octanol–water partition coefficient (Wildman–Crippen LogP) is 1.91. The second-order valence-electron chi connectivity index (χ2n) is 7.78. The number of aromatic nitrogens is 2. The molecule has 0 unspecified atom stereocenters. The number of anilines is 1. The number of aryl methyl sites for hydroxylation is 2. The fourth-order valence-corrected chi connectivity index (χ4v) is 3.72. The summed E-state index contributed by atoms with van der Waals surface area (Å²) >= 11 is 0. The third-order valence-corrected chi connectivity index (χ3v) is 5.31. The molecule has 0 radical (unpaired) electrons. The second-order valence-corrected chi connectivity index (χ2v) is 7.78. The van der Waals surface area contributed by atoms with Gasteiger partial charge in [-0.1, -0.05) is 17.7 Å². The molecule has 1 fully saturated rings. The maximum absolute atomic E-state index is 12.6. The monoisotopic (exact) mass is 399 g/mol. The van der Waals surface area contributed by atoms with Gasteiger partial charge in [0.2, 0.25) is 5.91 Å². The first-order valence-corrected chi connectivity index (χ1v) is 9.90. The van der Waals surface area contributed by atoms with E-state index in [1.54, 1.807) is 4.68 Å². The number of rotatable bonds is 7. The van der Waals surface area contributed by atoms with Gasteiger partial charge in [-0.3, -0.25) is 19.4 Å². The maximum atomic E-state index is 12.6. The Morgan fingerprint density at radius 3 is 2.48 bits per heavy atom. The lowest BCUT2D eigenvalue weighted by Crippen LogP contribution is -2.46. The first-order chi connectivity index (χ1) is 13.8. The molecule has 0 atom stereocenters. The highest BCUT2D eigenvalue weighted by Gasteiger charge is 2.25. The molecule has 1 aliphatic heterocycles. The van der Waals surface area contributed by atoms with E-state index in [-0.39, 0.29) is 18.5 Å². The third kappa shape index (κ3) is 5.65. The number of carbonyl (C=O) groups excluding carboxylic acids is 1. The molecule has 3 rings (SSSR count). The number of hydrogen-bond acceptors (Lipinski definition) is 5. The zero-order valence-electron chi connectivity index (χ0n) is 17.3. The largest absolute Gasteiger partial charge is 0.480 e. The highest BCUT2D eigenvalue weighted by Crippen LogP contribution is 2.19. The van der Waals surface area contributed by atoms with Gasteiger partial charge < -0.3 is 10.4 Å². The molecule has 156 valence electrons. The summed E-state index contributed by atoms with van der Waals surface area (Å²) in [7, 11) is 1.84. The van der Waals surface area contributed by atoms with Crippen LogP contribution in [0.25, 0.3) is 5.69 Å². The van der Waals surface area contributed by atoms with E-state index in [1.807, 2.05) is 56.1 Å². The Hall–Kier alpha value is -2.71. The van der Waals surface area contributed by atoms with Gasteiger partial charge >= 0.3 is 5.97 Å². The number of aliphatic carboxylic acids is 1. The summed E-state index contributed by atoms with van der Waals surface area (Å²) < 4.78 is 1.75. The standard InChI is InChI=1S/C21H29N5O3/c1-15-4-6-18(7-5-15)26-19(12-16(2)23-26)22-20(27)13-25-10-8-17(9-11-25)24(3)14-21(28)29/h4-7,12,17H,8-11,13-14H2,1-3H3,(H,22,27)(H,28,29). The number of likely N-dealkylation sites (N-methyl/N-ethyl adjacent to an activating group) is 1. The lowest BCUT2D eigenvalue weighted by Gasteiger charge is -2.35. The Morgan fingerprint density at radius 2 is 1.86 bits per heavy atom. The number of carbonyl (C=O) groups is 2. The molecule has 1 amide bonds. The Labute approximate surface area is 171 Å². The number of likely N-dealkylation sites (tertiary alicyclic amines) is 1. The molecule has 0 saturated carbocycles. The van der Waals surface area contributed by atoms with Crippen molar-refractivity contribution in [2.45, 2.75) is 32.7 Å². The number of benzene rings is 1. The molecule has 2 aromatic rings. The van der Waals surface area contributed by atoms with Gasteiger partial charge in [0, 0.05) is 25.2 Å². The lowest BCUT2D eigenvalue weighted by molar-refractivity contribution is -0.138. The summed E-state index contributed by atoms with van der Waals surface area (Å²) in [6, 6.07) is 10.1. The molecule has 8 heteroatoms. The van der Waals surface area contributed by atoms with E-state index in [9.17, 15) is 9.59 Å². The van der Waals surface area contributed by atoms with Crippen LogP contribution >= 0.6 is 0 Å². The number of hydrogen-bond donors (Lipinski definition) is 2. The SMILES string of the molecule is Cc1ccc(-n2nc(C)cc2NC(=O)CN2CCC(N(C)CC(=O)O)CC2)cc1. The van der Waals surface area contributed by atoms with E-state index < -0.39 is 5.97 Å². The zero-order chi connectivity index (χ0) is 21.0. The van der Waals surface area contributed by atoms with E-state index in [4.69, 9.17) is 5.11 Å². The van der Waals surface area contributed by atoms with E-state index in [1.165, 1.54) is 5.56 Å². The van der Waals surface area contributed by atoms with Crippen molar-refractivity contribution in [2.24, 2.45) is 0 Å². The summed E-state index contributed by atoms with van der Waals surface area (Å²) in [6.07, 6.45) is 1.72.